The Hall–Kier alpha value is -3.51. The highest BCUT2D eigenvalue weighted by Crippen LogP contribution is 2.27. The number of pyridine rings is 1. The molecule has 31 heavy (non-hydrogen) atoms. The largest absolute Gasteiger partial charge is 0.361 e. The summed E-state index contributed by atoms with van der Waals surface area (Å²) < 4.78 is 6.06. The highest BCUT2D eigenvalue weighted by atomic mass is 16.5. The molecule has 158 valence electrons. The average molecular weight is 415 g/mol. The van der Waals surface area contributed by atoms with E-state index in [1.165, 1.54) is 0 Å². The Morgan fingerprint density at radius 2 is 1.81 bits per heavy atom. The summed E-state index contributed by atoms with van der Waals surface area (Å²) in [4.78, 5) is 31.7. The zero-order valence-electron chi connectivity index (χ0n) is 17.5. The molecule has 1 saturated heterocycles. The number of carbonyl (C=O) groups is 2. The average Bonchev–Trinajstić information content (AvgIpc) is 2.84. The quantitative estimate of drug-likeness (QED) is 0.696. The molecule has 0 bridgehead atoms. The lowest BCUT2D eigenvalue weighted by molar-refractivity contribution is -0.156. The number of ether oxygens (including phenoxy) is 1. The number of hydrogen-bond acceptors (Lipinski definition) is 4. The lowest BCUT2D eigenvalue weighted by atomic mass is 9.89. The van der Waals surface area contributed by atoms with E-state index in [2.05, 4.69) is 28.5 Å². The highest BCUT2D eigenvalue weighted by molar-refractivity contribution is 5.93. The molecule has 6 heteroatoms. The zero-order chi connectivity index (χ0) is 21.7. The van der Waals surface area contributed by atoms with Crippen molar-refractivity contribution in [1.29, 1.82) is 0 Å². The third-order valence-electron chi connectivity index (χ3n) is 5.52. The van der Waals surface area contributed by atoms with Gasteiger partial charge in [-0.15, -0.1) is 0 Å². The molecule has 4 rings (SSSR count). The molecule has 6 nitrogen and oxygen atoms in total. The number of carbonyl (C=O) groups excluding carboxylic acids is 2. The summed E-state index contributed by atoms with van der Waals surface area (Å²) in [6, 6.07) is 23.4. The number of nitrogens with zero attached hydrogens (tertiary/aromatic N) is 2. The number of morpholine rings is 1. The van der Waals surface area contributed by atoms with Gasteiger partial charge in [-0.25, -0.2) is 0 Å². The maximum atomic E-state index is 13.0. The van der Waals surface area contributed by atoms with Crippen molar-refractivity contribution in [2.45, 2.75) is 12.0 Å². The van der Waals surface area contributed by atoms with Crippen molar-refractivity contribution in [2.75, 3.05) is 26.7 Å². The second-order valence-corrected chi connectivity index (χ2v) is 7.61. The van der Waals surface area contributed by atoms with Gasteiger partial charge in [-0.2, -0.15) is 0 Å². The van der Waals surface area contributed by atoms with E-state index in [0.29, 0.717) is 18.7 Å². The van der Waals surface area contributed by atoms with Crippen molar-refractivity contribution in [3.63, 3.8) is 0 Å². The van der Waals surface area contributed by atoms with Crippen LogP contribution in [0.4, 0.5) is 0 Å². The highest BCUT2D eigenvalue weighted by Gasteiger charge is 2.45. The van der Waals surface area contributed by atoms with E-state index < -0.39 is 5.60 Å². The van der Waals surface area contributed by atoms with E-state index in [4.69, 9.17) is 4.74 Å². The molecule has 0 aliphatic carbocycles. The van der Waals surface area contributed by atoms with Crippen molar-refractivity contribution in [3.05, 3.63) is 90.3 Å². The van der Waals surface area contributed by atoms with Crippen LogP contribution in [0.5, 0.6) is 0 Å². The van der Waals surface area contributed by atoms with Crippen LogP contribution in [-0.4, -0.2) is 54.0 Å². The van der Waals surface area contributed by atoms with Gasteiger partial charge >= 0.3 is 0 Å². The topological polar surface area (TPSA) is 71.5 Å². The molecule has 1 aliphatic heterocycles. The summed E-state index contributed by atoms with van der Waals surface area (Å²) in [5, 5.41) is 2.72. The fourth-order valence-corrected chi connectivity index (χ4v) is 3.98. The van der Waals surface area contributed by atoms with Crippen molar-refractivity contribution >= 4 is 11.8 Å². The van der Waals surface area contributed by atoms with Gasteiger partial charge in [-0.1, -0.05) is 60.7 Å². The van der Waals surface area contributed by atoms with Crippen molar-refractivity contribution < 1.29 is 14.3 Å². The normalized spacial score (nSPS) is 18.4. The maximum absolute atomic E-state index is 13.0. The second kappa shape index (κ2) is 9.10. The molecular formula is C25H25N3O3. The molecule has 0 spiro atoms. The van der Waals surface area contributed by atoms with Gasteiger partial charge in [0.05, 0.1) is 13.2 Å². The van der Waals surface area contributed by atoms with Gasteiger partial charge in [-0.3, -0.25) is 14.6 Å². The summed E-state index contributed by atoms with van der Waals surface area (Å²) >= 11 is 0. The first-order chi connectivity index (χ1) is 15.1. The predicted octanol–water partition coefficient (Wildman–Crippen LogP) is 2.95. The minimum Gasteiger partial charge on any atom is -0.361 e. The summed E-state index contributed by atoms with van der Waals surface area (Å²) in [5.41, 5.74) is 2.35. The van der Waals surface area contributed by atoms with Gasteiger partial charge in [-0.05, 0) is 28.8 Å². The number of nitrogens with one attached hydrogen (secondary N) is 1. The van der Waals surface area contributed by atoms with Crippen LogP contribution in [-0.2, 0) is 16.0 Å². The molecule has 1 aromatic heterocycles. The Bertz CT molecular complexity index is 1060. The molecule has 2 heterocycles. The Labute approximate surface area is 181 Å². The van der Waals surface area contributed by atoms with Crippen molar-refractivity contribution in [2.24, 2.45) is 0 Å². The number of benzene rings is 2. The Kier molecular flexibility index (Phi) is 6.09. The van der Waals surface area contributed by atoms with E-state index >= 15 is 0 Å². The molecule has 2 aromatic carbocycles. The lowest BCUT2D eigenvalue weighted by Crippen LogP contribution is -2.61. The first kappa shape index (κ1) is 20.8. The van der Waals surface area contributed by atoms with Crippen LogP contribution in [0.15, 0.2) is 79.0 Å². The molecule has 0 saturated carbocycles. The van der Waals surface area contributed by atoms with Crippen LogP contribution in [0.2, 0.25) is 0 Å². The number of likely N-dealkylation sites (N-methyl/N-ethyl adjacent to an activating group) is 1. The van der Waals surface area contributed by atoms with E-state index in [1.54, 1.807) is 36.3 Å². The third kappa shape index (κ3) is 4.49. The second-order valence-electron chi connectivity index (χ2n) is 7.61. The van der Waals surface area contributed by atoms with E-state index in [1.807, 2.05) is 36.4 Å². The standard InChI is InChI=1S/C25H25N3O3/c1-26-24(30)25(17-19-8-7-11-21(16-19)20-9-3-2-4-10-20)18-28(14-15-31-25)23(29)22-12-5-6-13-27-22/h2-13,16H,14-15,17-18H2,1H3,(H,26,30). The van der Waals surface area contributed by atoms with Gasteiger partial charge in [0.2, 0.25) is 0 Å². The molecule has 3 aromatic rings. The van der Waals surface area contributed by atoms with Crippen LogP contribution >= 0.6 is 0 Å². The zero-order valence-corrected chi connectivity index (χ0v) is 17.5. The van der Waals surface area contributed by atoms with Gasteiger partial charge in [0, 0.05) is 26.2 Å². The monoisotopic (exact) mass is 415 g/mol. The van der Waals surface area contributed by atoms with E-state index in [0.717, 1.165) is 16.7 Å². The van der Waals surface area contributed by atoms with Crippen LogP contribution in [0.25, 0.3) is 11.1 Å². The third-order valence-corrected chi connectivity index (χ3v) is 5.52. The summed E-state index contributed by atoms with van der Waals surface area (Å²) in [6.45, 7) is 0.861. The molecule has 1 fully saturated rings. The van der Waals surface area contributed by atoms with Gasteiger partial charge in [0.25, 0.3) is 11.8 Å². The first-order valence-electron chi connectivity index (χ1n) is 10.3. The first-order valence-corrected chi connectivity index (χ1v) is 10.3. The lowest BCUT2D eigenvalue weighted by Gasteiger charge is -2.41. The number of hydrogen-bond donors (Lipinski definition) is 1. The van der Waals surface area contributed by atoms with Crippen LogP contribution < -0.4 is 5.32 Å². The molecule has 1 unspecified atom stereocenters. The minimum absolute atomic E-state index is 0.164. The summed E-state index contributed by atoms with van der Waals surface area (Å²) in [7, 11) is 1.59. The van der Waals surface area contributed by atoms with E-state index in [9.17, 15) is 9.59 Å². The molecule has 2 amide bonds. The van der Waals surface area contributed by atoms with Crippen LogP contribution in [0.1, 0.15) is 16.1 Å². The Morgan fingerprint density at radius 3 is 2.55 bits per heavy atom. The van der Waals surface area contributed by atoms with Crippen molar-refractivity contribution in [1.82, 2.24) is 15.2 Å². The molecule has 1 atom stereocenters. The van der Waals surface area contributed by atoms with Crippen LogP contribution in [0.3, 0.4) is 0 Å². The van der Waals surface area contributed by atoms with E-state index in [-0.39, 0.29) is 25.0 Å². The number of aromatic nitrogens is 1. The molecule has 1 aliphatic rings. The van der Waals surface area contributed by atoms with Crippen molar-refractivity contribution in [3.8, 4) is 11.1 Å². The smallest absolute Gasteiger partial charge is 0.272 e. The number of amides is 2. The number of rotatable bonds is 5. The van der Waals surface area contributed by atoms with Gasteiger partial charge in [0.15, 0.2) is 5.60 Å². The Morgan fingerprint density at radius 1 is 1.03 bits per heavy atom. The minimum atomic E-state index is -1.16. The molecule has 0 radical (unpaired) electrons. The molecular weight excluding hydrogens is 390 g/mol. The maximum Gasteiger partial charge on any atom is 0.272 e. The predicted molar refractivity (Wildman–Crippen MR) is 118 cm³/mol. The summed E-state index contributed by atoms with van der Waals surface area (Å²) in [6.07, 6.45) is 1.95. The fourth-order valence-electron chi connectivity index (χ4n) is 3.98. The van der Waals surface area contributed by atoms with Gasteiger partial charge < -0.3 is 15.0 Å². The molecule has 1 N–H and O–H groups in total. The van der Waals surface area contributed by atoms with Gasteiger partial charge in [0.1, 0.15) is 5.69 Å². The summed E-state index contributed by atoms with van der Waals surface area (Å²) in [5.74, 6) is -0.439. The SMILES string of the molecule is CNC(=O)C1(Cc2cccc(-c3ccccc3)c2)CN(C(=O)c2ccccn2)CCO1. The van der Waals surface area contributed by atoms with Crippen LogP contribution in [0, 0.1) is 0 Å². The Balaban J connectivity index is 1.61. The fraction of sp³-hybridized carbons (Fsp3) is 0.240.